The number of carboxylic acids is 1. The normalized spacial score (nSPS) is 10.9. The van der Waals surface area contributed by atoms with Gasteiger partial charge in [0.1, 0.15) is 0 Å². The van der Waals surface area contributed by atoms with E-state index < -0.39 is 5.97 Å². The van der Waals surface area contributed by atoms with Gasteiger partial charge in [-0.1, -0.05) is 0 Å². The molecule has 96 valence electrons. The number of ether oxygens (including phenoxy) is 2. The predicted octanol–water partition coefficient (Wildman–Crippen LogP) is 0.836. The fraction of sp³-hybridized carbons (Fsp3) is 0.909. The first-order valence-corrected chi connectivity index (χ1v) is 5.62. The van der Waals surface area contributed by atoms with Gasteiger partial charge in [0.25, 0.3) is 0 Å². The van der Waals surface area contributed by atoms with E-state index in [0.717, 1.165) is 32.5 Å². The number of rotatable bonds is 11. The first-order chi connectivity index (χ1) is 7.70. The van der Waals surface area contributed by atoms with Crippen molar-refractivity contribution in [1.82, 2.24) is 4.90 Å². The Morgan fingerprint density at radius 1 is 1.06 bits per heavy atom. The van der Waals surface area contributed by atoms with Gasteiger partial charge in [-0.25, -0.2) is 0 Å². The lowest BCUT2D eigenvalue weighted by atomic mass is 10.2. The number of hydrogen-bond donors (Lipinski definition) is 1. The van der Waals surface area contributed by atoms with E-state index in [9.17, 15) is 4.79 Å². The summed E-state index contributed by atoms with van der Waals surface area (Å²) in [6.45, 7) is 4.03. The minimum atomic E-state index is -0.722. The molecular formula is C11H23NO4. The molecule has 5 heteroatoms. The van der Waals surface area contributed by atoms with Crippen LogP contribution >= 0.6 is 0 Å². The fourth-order valence-corrected chi connectivity index (χ4v) is 1.39. The van der Waals surface area contributed by atoms with Crippen LogP contribution in [0.2, 0.25) is 0 Å². The Balaban J connectivity index is 3.59. The molecule has 0 aromatic heterocycles. The lowest BCUT2D eigenvalue weighted by Gasteiger charge is -2.21. The highest BCUT2D eigenvalue weighted by Crippen LogP contribution is 1.99. The van der Waals surface area contributed by atoms with Crippen molar-refractivity contribution in [3.8, 4) is 0 Å². The van der Waals surface area contributed by atoms with E-state index in [-0.39, 0.29) is 6.42 Å². The van der Waals surface area contributed by atoms with Crippen LogP contribution in [0.1, 0.15) is 19.3 Å². The summed E-state index contributed by atoms with van der Waals surface area (Å²) in [5.74, 6) is -0.722. The van der Waals surface area contributed by atoms with Gasteiger partial charge in [0, 0.05) is 33.7 Å². The van der Waals surface area contributed by atoms with Crippen LogP contribution < -0.4 is 0 Å². The number of carboxylic acid groups (broad SMARTS) is 1. The van der Waals surface area contributed by atoms with Gasteiger partial charge in [-0.05, 0) is 19.4 Å². The molecule has 0 spiro atoms. The fourth-order valence-electron chi connectivity index (χ4n) is 1.39. The SMILES string of the molecule is COCCN(CCCCC(=O)O)CCOC. The van der Waals surface area contributed by atoms with Crippen molar-refractivity contribution >= 4 is 5.97 Å². The summed E-state index contributed by atoms with van der Waals surface area (Å²) < 4.78 is 10.0. The van der Waals surface area contributed by atoms with Crippen molar-refractivity contribution in [1.29, 1.82) is 0 Å². The molecule has 0 heterocycles. The van der Waals surface area contributed by atoms with Crippen LogP contribution in [-0.4, -0.2) is 63.0 Å². The Morgan fingerprint density at radius 3 is 2.06 bits per heavy atom. The maximum Gasteiger partial charge on any atom is 0.303 e. The first kappa shape index (κ1) is 15.3. The number of hydrogen-bond acceptors (Lipinski definition) is 4. The first-order valence-electron chi connectivity index (χ1n) is 5.62. The quantitative estimate of drug-likeness (QED) is 0.536. The molecule has 0 atom stereocenters. The largest absolute Gasteiger partial charge is 0.481 e. The maximum absolute atomic E-state index is 10.3. The zero-order chi connectivity index (χ0) is 12.2. The van der Waals surface area contributed by atoms with E-state index in [2.05, 4.69) is 4.90 Å². The molecule has 0 saturated carbocycles. The second-order valence-electron chi connectivity index (χ2n) is 3.68. The Morgan fingerprint density at radius 2 is 1.62 bits per heavy atom. The molecule has 0 rings (SSSR count). The highest BCUT2D eigenvalue weighted by molar-refractivity contribution is 5.66. The molecule has 16 heavy (non-hydrogen) atoms. The topological polar surface area (TPSA) is 59.0 Å². The average Bonchev–Trinajstić information content (AvgIpc) is 2.26. The highest BCUT2D eigenvalue weighted by atomic mass is 16.5. The maximum atomic E-state index is 10.3. The van der Waals surface area contributed by atoms with Gasteiger partial charge in [0.05, 0.1) is 13.2 Å². The number of nitrogens with zero attached hydrogens (tertiary/aromatic N) is 1. The lowest BCUT2D eigenvalue weighted by Crippen LogP contribution is -2.31. The molecule has 0 aromatic rings. The third-order valence-corrected chi connectivity index (χ3v) is 2.34. The molecule has 0 bridgehead atoms. The Bertz CT molecular complexity index is 167. The summed E-state index contributed by atoms with van der Waals surface area (Å²) >= 11 is 0. The average molecular weight is 233 g/mol. The molecule has 0 amide bonds. The molecule has 0 saturated heterocycles. The van der Waals surface area contributed by atoms with Crippen LogP contribution in [0.4, 0.5) is 0 Å². The van der Waals surface area contributed by atoms with Crippen LogP contribution in [0.15, 0.2) is 0 Å². The van der Waals surface area contributed by atoms with Crippen LogP contribution in [-0.2, 0) is 14.3 Å². The third kappa shape index (κ3) is 9.89. The number of aliphatic carboxylic acids is 1. The lowest BCUT2D eigenvalue weighted by molar-refractivity contribution is -0.137. The van der Waals surface area contributed by atoms with Crippen LogP contribution in [0.25, 0.3) is 0 Å². The van der Waals surface area contributed by atoms with Crippen LogP contribution in [0.3, 0.4) is 0 Å². The van der Waals surface area contributed by atoms with E-state index in [4.69, 9.17) is 14.6 Å². The van der Waals surface area contributed by atoms with Crippen molar-refractivity contribution in [2.75, 3.05) is 47.1 Å². The number of methoxy groups -OCH3 is 2. The van der Waals surface area contributed by atoms with Crippen LogP contribution in [0, 0.1) is 0 Å². The van der Waals surface area contributed by atoms with Gasteiger partial charge < -0.3 is 14.6 Å². The summed E-state index contributed by atoms with van der Waals surface area (Å²) in [5, 5.41) is 8.51. The zero-order valence-corrected chi connectivity index (χ0v) is 10.3. The van der Waals surface area contributed by atoms with Gasteiger partial charge in [0.2, 0.25) is 0 Å². The molecule has 0 unspecified atom stereocenters. The minimum Gasteiger partial charge on any atom is -0.481 e. The van der Waals surface area contributed by atoms with E-state index in [1.165, 1.54) is 0 Å². The van der Waals surface area contributed by atoms with Crippen molar-refractivity contribution in [2.24, 2.45) is 0 Å². The Hall–Kier alpha value is -0.650. The van der Waals surface area contributed by atoms with Crippen LogP contribution in [0.5, 0.6) is 0 Å². The van der Waals surface area contributed by atoms with Gasteiger partial charge in [0.15, 0.2) is 0 Å². The smallest absolute Gasteiger partial charge is 0.303 e. The van der Waals surface area contributed by atoms with E-state index in [0.29, 0.717) is 13.2 Å². The number of unbranched alkanes of at least 4 members (excludes halogenated alkanes) is 1. The zero-order valence-electron chi connectivity index (χ0n) is 10.3. The second-order valence-corrected chi connectivity index (χ2v) is 3.68. The van der Waals surface area contributed by atoms with Gasteiger partial charge >= 0.3 is 5.97 Å². The Kier molecular flexibility index (Phi) is 10.4. The standard InChI is InChI=1S/C11H23NO4/c1-15-9-7-12(8-10-16-2)6-4-3-5-11(13)14/h3-10H2,1-2H3,(H,13,14). The summed E-state index contributed by atoms with van der Waals surface area (Å²) in [5.41, 5.74) is 0. The molecular weight excluding hydrogens is 210 g/mol. The summed E-state index contributed by atoms with van der Waals surface area (Å²) in [7, 11) is 3.36. The van der Waals surface area contributed by atoms with Crippen molar-refractivity contribution in [2.45, 2.75) is 19.3 Å². The predicted molar refractivity (Wildman–Crippen MR) is 61.7 cm³/mol. The van der Waals surface area contributed by atoms with Crippen molar-refractivity contribution < 1.29 is 19.4 Å². The number of carbonyl (C=O) groups is 1. The molecule has 1 N–H and O–H groups in total. The van der Waals surface area contributed by atoms with Crippen molar-refractivity contribution in [3.05, 3.63) is 0 Å². The molecule has 0 radical (unpaired) electrons. The third-order valence-electron chi connectivity index (χ3n) is 2.34. The molecule has 0 fully saturated rings. The molecule has 0 aliphatic heterocycles. The monoisotopic (exact) mass is 233 g/mol. The second kappa shape index (κ2) is 10.9. The van der Waals surface area contributed by atoms with Gasteiger partial charge in [-0.3, -0.25) is 9.69 Å². The molecule has 0 aromatic carbocycles. The summed E-state index contributed by atoms with van der Waals surface area (Å²) in [4.78, 5) is 12.6. The molecule has 5 nitrogen and oxygen atoms in total. The van der Waals surface area contributed by atoms with E-state index in [1.807, 2.05) is 0 Å². The Labute approximate surface area is 97.3 Å². The molecule has 0 aliphatic rings. The van der Waals surface area contributed by atoms with Gasteiger partial charge in [-0.2, -0.15) is 0 Å². The highest BCUT2D eigenvalue weighted by Gasteiger charge is 2.04. The summed E-state index contributed by atoms with van der Waals surface area (Å²) in [6, 6.07) is 0. The minimum absolute atomic E-state index is 0.252. The van der Waals surface area contributed by atoms with Gasteiger partial charge in [-0.15, -0.1) is 0 Å². The van der Waals surface area contributed by atoms with E-state index >= 15 is 0 Å². The van der Waals surface area contributed by atoms with Crippen molar-refractivity contribution in [3.63, 3.8) is 0 Å². The molecule has 0 aliphatic carbocycles. The van der Waals surface area contributed by atoms with E-state index in [1.54, 1.807) is 14.2 Å². The summed E-state index contributed by atoms with van der Waals surface area (Å²) in [6.07, 6.45) is 1.88.